The molecule has 0 aliphatic rings. The Kier molecular flexibility index (Phi) is 22.7. The maximum atomic E-state index is 12.6. The molecule has 0 aromatic heterocycles. The fourth-order valence-corrected chi connectivity index (χ4v) is 4.44. The fraction of sp³-hybridized carbons (Fsp3) is 0.767. The third-order valence-electron chi connectivity index (χ3n) is 6.18. The van der Waals surface area contributed by atoms with Crippen LogP contribution in [0.3, 0.4) is 0 Å². The second-order valence-electron chi connectivity index (χ2n) is 11.1. The van der Waals surface area contributed by atoms with Crippen molar-refractivity contribution in [2.75, 3.05) is 40.9 Å². The van der Waals surface area contributed by atoms with Crippen molar-refractivity contribution in [3.8, 4) is 0 Å². The average Bonchev–Trinajstić information content (AvgIpc) is 2.86. The topological polar surface area (TPSA) is 108 Å². The number of quaternary nitrogens is 1. The molecule has 0 aromatic carbocycles. The van der Waals surface area contributed by atoms with Crippen LogP contribution in [0.4, 0.5) is 0 Å². The third kappa shape index (κ3) is 25.4. The SMILES string of the molecule is C/C=C/CC/C=C/CC/C=C/C(O)C(COP(=O)([O-])OCC[N+](C)(C)C)NC(=O)CCCCCCCCCC. The largest absolute Gasteiger partial charge is 0.756 e. The van der Waals surface area contributed by atoms with E-state index in [1.807, 2.05) is 40.2 Å². The van der Waals surface area contributed by atoms with Gasteiger partial charge >= 0.3 is 0 Å². The second kappa shape index (κ2) is 23.4. The van der Waals surface area contributed by atoms with E-state index in [4.69, 9.17) is 9.05 Å². The normalized spacial score (nSPS) is 15.8. The number of rotatable bonds is 25. The van der Waals surface area contributed by atoms with Crippen LogP contribution in [0.1, 0.15) is 97.3 Å². The van der Waals surface area contributed by atoms with Crippen molar-refractivity contribution in [1.29, 1.82) is 0 Å². The lowest BCUT2D eigenvalue weighted by Gasteiger charge is -2.29. The first-order chi connectivity index (χ1) is 18.5. The molecule has 0 spiro atoms. The first-order valence-electron chi connectivity index (χ1n) is 14.8. The predicted octanol–water partition coefficient (Wildman–Crippen LogP) is 5.82. The Balaban J connectivity index is 4.78. The Bertz CT molecular complexity index is 748. The molecular formula is C30H57N2O6P. The zero-order valence-electron chi connectivity index (χ0n) is 25.3. The molecule has 9 heteroatoms. The van der Waals surface area contributed by atoms with Crippen LogP contribution >= 0.6 is 7.82 Å². The van der Waals surface area contributed by atoms with Crippen LogP contribution in [-0.2, 0) is 18.4 Å². The summed E-state index contributed by atoms with van der Waals surface area (Å²) < 4.78 is 22.8. The fourth-order valence-electron chi connectivity index (χ4n) is 3.72. The first-order valence-corrected chi connectivity index (χ1v) is 16.3. The molecule has 2 N–H and O–H groups in total. The number of hydrogen-bond acceptors (Lipinski definition) is 6. The molecule has 0 rings (SSSR count). The van der Waals surface area contributed by atoms with Crippen LogP contribution in [-0.4, -0.2) is 68.5 Å². The molecule has 228 valence electrons. The van der Waals surface area contributed by atoms with Crippen molar-refractivity contribution in [3.05, 3.63) is 36.5 Å². The summed E-state index contributed by atoms with van der Waals surface area (Å²) in [7, 11) is 1.22. The third-order valence-corrected chi connectivity index (χ3v) is 7.14. The maximum Gasteiger partial charge on any atom is 0.268 e. The van der Waals surface area contributed by atoms with Crippen molar-refractivity contribution in [3.63, 3.8) is 0 Å². The van der Waals surface area contributed by atoms with Gasteiger partial charge in [-0.25, -0.2) is 0 Å². The summed E-state index contributed by atoms with van der Waals surface area (Å²) in [5, 5.41) is 13.5. The van der Waals surface area contributed by atoms with Gasteiger partial charge in [0.25, 0.3) is 7.82 Å². The highest BCUT2D eigenvalue weighted by Crippen LogP contribution is 2.38. The van der Waals surface area contributed by atoms with Gasteiger partial charge in [-0.05, 0) is 39.0 Å². The van der Waals surface area contributed by atoms with Gasteiger partial charge in [0.15, 0.2) is 0 Å². The molecule has 0 fully saturated rings. The highest BCUT2D eigenvalue weighted by Gasteiger charge is 2.23. The van der Waals surface area contributed by atoms with Crippen LogP contribution in [0, 0.1) is 0 Å². The number of aliphatic hydroxyl groups excluding tert-OH is 1. The van der Waals surface area contributed by atoms with Gasteiger partial charge in [-0.3, -0.25) is 9.36 Å². The van der Waals surface area contributed by atoms with Gasteiger partial charge in [0.2, 0.25) is 5.91 Å². The number of carbonyl (C=O) groups excluding carboxylic acids is 1. The molecule has 3 unspecified atom stereocenters. The standard InChI is InChI=1S/C30H57N2O6P/c1-6-8-10-12-14-16-17-19-21-23-29(33)28(27-38-39(35,36)37-26-25-32(3,4)5)31-30(34)24-22-20-18-15-13-11-9-7-2/h6,8,14,16,21,23,28-29,33H,7,9-13,15,17-20,22,24-27H2,1-5H3,(H-,31,34,35,36)/b8-6+,16-14+,23-21+. The molecule has 1 amide bonds. The summed E-state index contributed by atoms with van der Waals surface area (Å²) in [5.74, 6) is -0.224. The molecule has 8 nitrogen and oxygen atoms in total. The van der Waals surface area contributed by atoms with E-state index in [0.29, 0.717) is 17.4 Å². The number of aliphatic hydroxyl groups is 1. The van der Waals surface area contributed by atoms with E-state index < -0.39 is 26.6 Å². The smallest absolute Gasteiger partial charge is 0.268 e. The Morgan fingerprint density at radius 2 is 1.49 bits per heavy atom. The van der Waals surface area contributed by atoms with E-state index in [9.17, 15) is 19.4 Å². The van der Waals surface area contributed by atoms with E-state index in [2.05, 4.69) is 30.5 Å². The molecule has 0 aromatic rings. The number of unbranched alkanes of at least 4 members (excludes halogenated alkanes) is 9. The van der Waals surface area contributed by atoms with Gasteiger partial charge in [-0.1, -0.05) is 88.3 Å². The van der Waals surface area contributed by atoms with Crippen LogP contribution in [0.5, 0.6) is 0 Å². The zero-order chi connectivity index (χ0) is 29.4. The number of carbonyl (C=O) groups is 1. The maximum absolute atomic E-state index is 12.6. The molecular weight excluding hydrogens is 515 g/mol. The van der Waals surface area contributed by atoms with E-state index in [1.54, 1.807) is 6.08 Å². The van der Waals surface area contributed by atoms with Crippen LogP contribution < -0.4 is 10.2 Å². The number of allylic oxidation sites excluding steroid dienone is 5. The number of hydrogen-bond donors (Lipinski definition) is 2. The Morgan fingerprint density at radius 3 is 2.08 bits per heavy atom. The van der Waals surface area contributed by atoms with Gasteiger partial charge in [-0.2, -0.15) is 0 Å². The van der Waals surface area contributed by atoms with Gasteiger partial charge in [0, 0.05) is 6.42 Å². The molecule has 0 aliphatic heterocycles. The monoisotopic (exact) mass is 572 g/mol. The summed E-state index contributed by atoms with van der Waals surface area (Å²) in [6, 6.07) is -0.900. The van der Waals surface area contributed by atoms with Crippen LogP contribution in [0.15, 0.2) is 36.5 Å². The summed E-state index contributed by atoms with van der Waals surface area (Å²) in [6.07, 6.45) is 23.7. The molecule has 0 radical (unpaired) electrons. The molecule has 0 aliphatic carbocycles. The molecule has 39 heavy (non-hydrogen) atoms. The molecule has 3 atom stereocenters. The minimum atomic E-state index is -4.57. The number of nitrogens with one attached hydrogen (secondary N) is 1. The average molecular weight is 573 g/mol. The number of likely N-dealkylation sites (N-methyl/N-ethyl adjacent to an activating group) is 1. The van der Waals surface area contributed by atoms with Gasteiger partial charge in [-0.15, -0.1) is 0 Å². The highest BCUT2D eigenvalue weighted by atomic mass is 31.2. The number of nitrogens with zero attached hydrogens (tertiary/aromatic N) is 1. The van der Waals surface area contributed by atoms with Gasteiger partial charge in [0.05, 0.1) is 39.9 Å². The van der Waals surface area contributed by atoms with E-state index in [-0.39, 0.29) is 12.5 Å². The number of phosphoric ester groups is 1. The Labute approximate surface area is 238 Å². The minimum absolute atomic E-state index is 0.00947. The quantitative estimate of drug-likeness (QED) is 0.0618. The lowest BCUT2D eigenvalue weighted by molar-refractivity contribution is -0.870. The van der Waals surface area contributed by atoms with Gasteiger partial charge < -0.3 is 28.8 Å². The molecule has 0 saturated carbocycles. The first kappa shape index (κ1) is 37.7. The summed E-state index contributed by atoms with van der Waals surface area (Å²) in [4.78, 5) is 24.8. The lowest BCUT2D eigenvalue weighted by Crippen LogP contribution is -2.45. The summed E-state index contributed by atoms with van der Waals surface area (Å²) in [5.41, 5.74) is 0. The van der Waals surface area contributed by atoms with Crippen molar-refractivity contribution < 1.29 is 32.9 Å². The van der Waals surface area contributed by atoms with Crippen molar-refractivity contribution >= 4 is 13.7 Å². The molecule has 0 saturated heterocycles. The summed E-state index contributed by atoms with van der Waals surface area (Å²) >= 11 is 0. The van der Waals surface area contributed by atoms with Crippen LogP contribution in [0.25, 0.3) is 0 Å². The second-order valence-corrected chi connectivity index (χ2v) is 12.5. The van der Waals surface area contributed by atoms with E-state index in [0.717, 1.165) is 44.9 Å². The van der Waals surface area contributed by atoms with Crippen molar-refractivity contribution in [1.82, 2.24) is 5.32 Å². The molecule has 0 heterocycles. The lowest BCUT2D eigenvalue weighted by atomic mass is 10.1. The number of phosphoric acid groups is 1. The van der Waals surface area contributed by atoms with Crippen molar-refractivity contribution in [2.45, 2.75) is 109 Å². The predicted molar refractivity (Wildman–Crippen MR) is 159 cm³/mol. The van der Waals surface area contributed by atoms with Gasteiger partial charge in [0.1, 0.15) is 13.2 Å². The van der Waals surface area contributed by atoms with E-state index >= 15 is 0 Å². The van der Waals surface area contributed by atoms with E-state index in [1.165, 1.54) is 32.1 Å². The summed E-state index contributed by atoms with van der Waals surface area (Å²) in [6.45, 7) is 4.29. The number of amides is 1. The van der Waals surface area contributed by atoms with Crippen molar-refractivity contribution in [2.24, 2.45) is 0 Å². The Morgan fingerprint density at radius 1 is 0.923 bits per heavy atom. The highest BCUT2D eigenvalue weighted by molar-refractivity contribution is 7.45. The van der Waals surface area contributed by atoms with Crippen LogP contribution in [0.2, 0.25) is 0 Å². The molecule has 0 bridgehead atoms. The zero-order valence-corrected chi connectivity index (χ0v) is 26.2. The minimum Gasteiger partial charge on any atom is -0.756 e. The Hall–Kier alpha value is -1.28.